The highest BCUT2D eigenvalue weighted by Gasteiger charge is 1.96. The van der Waals surface area contributed by atoms with Crippen LogP contribution < -0.4 is 5.56 Å². The third-order valence-electron chi connectivity index (χ3n) is 1.44. The Morgan fingerprint density at radius 2 is 2.27 bits per heavy atom. The number of aromatic nitrogens is 1. The quantitative estimate of drug-likeness (QED) is 0.693. The minimum Gasteiger partial charge on any atom is -0.303 e. The highest BCUT2D eigenvalue weighted by Crippen LogP contribution is 2.05. The van der Waals surface area contributed by atoms with Gasteiger partial charge in [-0.1, -0.05) is 13.0 Å². The molecule has 0 atom stereocenters. The molecule has 0 N–H and O–H groups in total. The monoisotopic (exact) mass is 215 g/mol. The fourth-order valence-electron chi connectivity index (χ4n) is 0.936. The Hall–Kier alpha value is -0.570. The standard InChI is InChI=1S/C8H10BrNO/c1-2-6-10-7(9)4-3-5-8(10)11/h3-5H,2,6H2,1H3. The van der Waals surface area contributed by atoms with Gasteiger partial charge in [-0.3, -0.25) is 4.79 Å². The molecule has 0 spiro atoms. The Balaban J connectivity index is 3.10. The van der Waals surface area contributed by atoms with Gasteiger partial charge in [-0.2, -0.15) is 0 Å². The lowest BCUT2D eigenvalue weighted by molar-refractivity contribution is 0.641. The largest absolute Gasteiger partial charge is 0.303 e. The summed E-state index contributed by atoms with van der Waals surface area (Å²) in [5.41, 5.74) is 0.0567. The first-order chi connectivity index (χ1) is 5.25. The molecule has 0 unspecified atom stereocenters. The third kappa shape index (κ3) is 1.93. The summed E-state index contributed by atoms with van der Waals surface area (Å²) in [5, 5.41) is 0. The van der Waals surface area contributed by atoms with Gasteiger partial charge in [-0.15, -0.1) is 0 Å². The summed E-state index contributed by atoms with van der Waals surface area (Å²) >= 11 is 3.31. The average Bonchev–Trinajstić information content (AvgIpc) is 1.97. The van der Waals surface area contributed by atoms with Crippen molar-refractivity contribution in [2.75, 3.05) is 0 Å². The second kappa shape index (κ2) is 3.72. The van der Waals surface area contributed by atoms with Crippen LogP contribution in [-0.2, 0) is 6.54 Å². The van der Waals surface area contributed by atoms with Gasteiger partial charge in [0.1, 0.15) is 0 Å². The number of pyridine rings is 1. The van der Waals surface area contributed by atoms with Crippen LogP contribution in [0.5, 0.6) is 0 Å². The average molecular weight is 216 g/mol. The summed E-state index contributed by atoms with van der Waals surface area (Å²) in [4.78, 5) is 11.2. The molecular formula is C8H10BrNO. The fourth-order valence-corrected chi connectivity index (χ4v) is 1.44. The van der Waals surface area contributed by atoms with Gasteiger partial charge in [0.05, 0.1) is 4.60 Å². The van der Waals surface area contributed by atoms with Gasteiger partial charge in [0.25, 0.3) is 5.56 Å². The summed E-state index contributed by atoms with van der Waals surface area (Å²) in [5.74, 6) is 0. The van der Waals surface area contributed by atoms with Crippen LogP contribution in [0.1, 0.15) is 13.3 Å². The van der Waals surface area contributed by atoms with Crippen LogP contribution in [0.3, 0.4) is 0 Å². The van der Waals surface area contributed by atoms with E-state index in [1.807, 2.05) is 13.0 Å². The zero-order valence-corrected chi connectivity index (χ0v) is 7.97. The Morgan fingerprint density at radius 1 is 1.55 bits per heavy atom. The van der Waals surface area contributed by atoms with Gasteiger partial charge in [0.2, 0.25) is 0 Å². The molecule has 1 heterocycles. The van der Waals surface area contributed by atoms with Gasteiger partial charge in [-0.05, 0) is 28.4 Å². The van der Waals surface area contributed by atoms with Crippen LogP contribution in [-0.4, -0.2) is 4.57 Å². The van der Waals surface area contributed by atoms with Crippen LogP contribution in [0.4, 0.5) is 0 Å². The van der Waals surface area contributed by atoms with Crippen molar-refractivity contribution in [3.8, 4) is 0 Å². The van der Waals surface area contributed by atoms with Gasteiger partial charge in [-0.25, -0.2) is 0 Å². The van der Waals surface area contributed by atoms with Crippen molar-refractivity contribution >= 4 is 15.9 Å². The van der Waals surface area contributed by atoms with E-state index in [-0.39, 0.29) is 5.56 Å². The summed E-state index contributed by atoms with van der Waals surface area (Å²) in [6, 6.07) is 5.19. The Labute approximate surface area is 74.0 Å². The van der Waals surface area contributed by atoms with E-state index in [0.29, 0.717) is 0 Å². The van der Waals surface area contributed by atoms with Crippen molar-refractivity contribution in [3.05, 3.63) is 33.2 Å². The molecule has 11 heavy (non-hydrogen) atoms. The van der Waals surface area contributed by atoms with E-state index in [2.05, 4.69) is 15.9 Å². The lowest BCUT2D eigenvalue weighted by Gasteiger charge is -2.04. The predicted molar refractivity (Wildman–Crippen MR) is 48.7 cm³/mol. The van der Waals surface area contributed by atoms with E-state index >= 15 is 0 Å². The van der Waals surface area contributed by atoms with Crippen LogP contribution >= 0.6 is 15.9 Å². The molecule has 0 saturated heterocycles. The molecule has 2 nitrogen and oxygen atoms in total. The summed E-state index contributed by atoms with van der Waals surface area (Å²) in [7, 11) is 0. The van der Waals surface area contributed by atoms with E-state index in [9.17, 15) is 4.79 Å². The molecule has 0 amide bonds. The predicted octanol–water partition coefficient (Wildman–Crippen LogP) is 2.02. The molecule has 1 rings (SSSR count). The van der Waals surface area contributed by atoms with Crippen LogP contribution in [0.2, 0.25) is 0 Å². The molecule has 1 aromatic heterocycles. The number of rotatable bonds is 2. The summed E-state index contributed by atoms with van der Waals surface area (Å²) in [6.45, 7) is 2.83. The second-order valence-corrected chi connectivity index (χ2v) is 3.15. The van der Waals surface area contributed by atoms with E-state index in [0.717, 1.165) is 17.6 Å². The SMILES string of the molecule is CCCn1c(Br)cccc1=O. The maximum absolute atomic E-state index is 11.2. The minimum atomic E-state index is 0.0567. The number of hydrogen-bond acceptors (Lipinski definition) is 1. The van der Waals surface area contributed by atoms with E-state index in [1.54, 1.807) is 16.7 Å². The van der Waals surface area contributed by atoms with Crippen LogP contribution in [0.15, 0.2) is 27.6 Å². The second-order valence-electron chi connectivity index (χ2n) is 2.34. The molecule has 0 radical (unpaired) electrons. The van der Waals surface area contributed by atoms with Crippen molar-refractivity contribution in [3.63, 3.8) is 0 Å². The first-order valence-corrected chi connectivity index (χ1v) is 4.40. The molecule has 3 heteroatoms. The Kier molecular flexibility index (Phi) is 2.88. The van der Waals surface area contributed by atoms with Gasteiger partial charge in [0.15, 0.2) is 0 Å². The highest BCUT2D eigenvalue weighted by atomic mass is 79.9. The molecule has 1 aromatic rings. The maximum atomic E-state index is 11.2. The van der Waals surface area contributed by atoms with Crippen molar-refractivity contribution < 1.29 is 0 Å². The lowest BCUT2D eigenvalue weighted by Crippen LogP contribution is -2.18. The van der Waals surface area contributed by atoms with Crippen molar-refractivity contribution in [2.24, 2.45) is 0 Å². The topological polar surface area (TPSA) is 22.0 Å². The maximum Gasteiger partial charge on any atom is 0.251 e. The van der Waals surface area contributed by atoms with Gasteiger partial charge in [0, 0.05) is 12.6 Å². The smallest absolute Gasteiger partial charge is 0.251 e. The first kappa shape index (κ1) is 8.53. The first-order valence-electron chi connectivity index (χ1n) is 3.61. The van der Waals surface area contributed by atoms with Crippen molar-refractivity contribution in [2.45, 2.75) is 19.9 Å². The fraction of sp³-hybridized carbons (Fsp3) is 0.375. The van der Waals surface area contributed by atoms with Crippen molar-refractivity contribution in [1.82, 2.24) is 4.57 Å². The zero-order valence-electron chi connectivity index (χ0n) is 6.38. The van der Waals surface area contributed by atoms with E-state index in [4.69, 9.17) is 0 Å². The number of hydrogen-bond donors (Lipinski definition) is 0. The number of nitrogens with zero attached hydrogens (tertiary/aromatic N) is 1. The van der Waals surface area contributed by atoms with E-state index in [1.165, 1.54) is 0 Å². The van der Waals surface area contributed by atoms with Gasteiger partial charge >= 0.3 is 0 Å². The molecule has 0 aliphatic carbocycles. The van der Waals surface area contributed by atoms with Gasteiger partial charge < -0.3 is 4.57 Å². The molecular weight excluding hydrogens is 206 g/mol. The normalized spacial score (nSPS) is 10.0. The lowest BCUT2D eigenvalue weighted by atomic mass is 10.4. The number of halogens is 1. The van der Waals surface area contributed by atoms with Crippen molar-refractivity contribution in [1.29, 1.82) is 0 Å². The summed E-state index contributed by atoms with van der Waals surface area (Å²) < 4.78 is 2.56. The molecule has 0 aliphatic rings. The molecule has 0 saturated carbocycles. The molecule has 0 fully saturated rings. The molecule has 0 aliphatic heterocycles. The minimum absolute atomic E-state index is 0.0567. The Bertz CT molecular complexity index is 292. The van der Waals surface area contributed by atoms with E-state index < -0.39 is 0 Å². The molecule has 60 valence electrons. The van der Waals surface area contributed by atoms with Crippen LogP contribution in [0, 0.1) is 0 Å². The third-order valence-corrected chi connectivity index (χ3v) is 2.14. The summed E-state index contributed by atoms with van der Waals surface area (Å²) in [6.07, 6.45) is 0.975. The zero-order chi connectivity index (χ0) is 8.27. The highest BCUT2D eigenvalue weighted by molar-refractivity contribution is 9.10. The molecule has 0 aromatic carbocycles. The van der Waals surface area contributed by atoms with Crippen LogP contribution in [0.25, 0.3) is 0 Å². The molecule has 0 bridgehead atoms. The Morgan fingerprint density at radius 3 is 2.82 bits per heavy atom.